The second-order valence-corrected chi connectivity index (χ2v) is 5.09. The van der Waals surface area contributed by atoms with E-state index in [1.165, 1.54) is 23.9 Å². The van der Waals surface area contributed by atoms with Crippen LogP contribution in [0.4, 0.5) is 0 Å². The smallest absolute Gasteiger partial charge is 0.251 e. The molecule has 0 aliphatic carbocycles. The van der Waals surface area contributed by atoms with Crippen molar-refractivity contribution < 1.29 is 24.5 Å². The van der Waals surface area contributed by atoms with Gasteiger partial charge in [0.15, 0.2) is 11.0 Å². The van der Waals surface area contributed by atoms with Crippen molar-refractivity contribution in [3.8, 4) is 0 Å². The molecular formula is C12H17N3O6S. The van der Waals surface area contributed by atoms with E-state index in [1.54, 1.807) is 0 Å². The van der Waals surface area contributed by atoms with Gasteiger partial charge in [0.1, 0.15) is 24.9 Å². The SMILES string of the molecule is CNC(=O)COC1C(O)[C@@H](CO)O[C@H]1n1ccc(=O)[nH]c1=S. The Hall–Kier alpha value is -1.59. The summed E-state index contributed by atoms with van der Waals surface area (Å²) in [5.41, 5.74) is -0.374. The van der Waals surface area contributed by atoms with Crippen molar-refractivity contribution in [2.45, 2.75) is 24.5 Å². The third-order valence-corrected chi connectivity index (χ3v) is 3.62. The molecule has 22 heavy (non-hydrogen) atoms. The van der Waals surface area contributed by atoms with E-state index in [2.05, 4.69) is 10.3 Å². The number of aromatic amines is 1. The topological polar surface area (TPSA) is 126 Å². The van der Waals surface area contributed by atoms with Gasteiger partial charge in [-0.3, -0.25) is 19.1 Å². The Morgan fingerprint density at radius 2 is 2.36 bits per heavy atom. The first-order chi connectivity index (χ1) is 10.5. The first-order valence-electron chi connectivity index (χ1n) is 6.56. The van der Waals surface area contributed by atoms with E-state index in [9.17, 15) is 19.8 Å². The number of carbonyl (C=O) groups excluding carboxylic acids is 1. The largest absolute Gasteiger partial charge is 0.394 e. The third-order valence-electron chi connectivity index (χ3n) is 3.30. The zero-order valence-electron chi connectivity index (χ0n) is 11.8. The fourth-order valence-corrected chi connectivity index (χ4v) is 2.41. The first kappa shape index (κ1) is 16.8. The first-order valence-corrected chi connectivity index (χ1v) is 6.96. The summed E-state index contributed by atoms with van der Waals surface area (Å²) in [7, 11) is 1.46. The molecule has 1 aromatic heterocycles. The average molecular weight is 331 g/mol. The van der Waals surface area contributed by atoms with E-state index in [0.717, 1.165) is 0 Å². The van der Waals surface area contributed by atoms with Crippen LogP contribution in [-0.4, -0.2) is 64.2 Å². The predicted octanol–water partition coefficient (Wildman–Crippen LogP) is -1.71. The van der Waals surface area contributed by atoms with Crippen LogP contribution < -0.4 is 10.9 Å². The van der Waals surface area contributed by atoms with Gasteiger partial charge in [0.05, 0.1) is 6.61 Å². The Morgan fingerprint density at radius 1 is 1.64 bits per heavy atom. The van der Waals surface area contributed by atoms with E-state index < -0.39 is 31.1 Å². The van der Waals surface area contributed by atoms with Gasteiger partial charge in [0, 0.05) is 19.3 Å². The van der Waals surface area contributed by atoms with E-state index in [0.29, 0.717) is 0 Å². The second-order valence-electron chi connectivity index (χ2n) is 4.70. The highest BCUT2D eigenvalue weighted by Crippen LogP contribution is 2.31. The number of ether oxygens (including phenoxy) is 2. The summed E-state index contributed by atoms with van der Waals surface area (Å²) in [5, 5.41) is 21.8. The lowest BCUT2D eigenvalue weighted by atomic mass is 10.1. The van der Waals surface area contributed by atoms with Gasteiger partial charge >= 0.3 is 0 Å². The van der Waals surface area contributed by atoms with Crippen molar-refractivity contribution in [2.24, 2.45) is 0 Å². The maximum atomic E-state index is 11.3. The van der Waals surface area contributed by atoms with Crippen LogP contribution in [0.3, 0.4) is 0 Å². The van der Waals surface area contributed by atoms with Gasteiger partial charge in [0.2, 0.25) is 5.91 Å². The predicted molar refractivity (Wildman–Crippen MR) is 76.7 cm³/mol. The summed E-state index contributed by atoms with van der Waals surface area (Å²) < 4.78 is 12.4. The normalized spacial score (nSPS) is 27.8. The number of amides is 1. The lowest BCUT2D eigenvalue weighted by molar-refractivity contribution is -0.132. The molecule has 0 bridgehead atoms. The summed E-state index contributed by atoms with van der Waals surface area (Å²) in [4.78, 5) is 24.9. The lowest BCUT2D eigenvalue weighted by Gasteiger charge is -2.22. The molecule has 10 heteroatoms. The van der Waals surface area contributed by atoms with Crippen LogP contribution in [0.2, 0.25) is 0 Å². The second kappa shape index (κ2) is 7.11. The Bertz CT molecular complexity index is 644. The number of nitrogens with zero attached hydrogens (tertiary/aromatic N) is 1. The Morgan fingerprint density at radius 3 is 2.95 bits per heavy atom. The fraction of sp³-hybridized carbons (Fsp3) is 0.583. The minimum atomic E-state index is -1.14. The van der Waals surface area contributed by atoms with Crippen molar-refractivity contribution in [3.63, 3.8) is 0 Å². The van der Waals surface area contributed by atoms with Crippen LogP contribution in [0, 0.1) is 4.77 Å². The van der Waals surface area contributed by atoms with Crippen molar-refractivity contribution in [3.05, 3.63) is 27.4 Å². The molecule has 0 aromatic carbocycles. The van der Waals surface area contributed by atoms with Crippen LogP contribution in [0.5, 0.6) is 0 Å². The number of rotatable bonds is 5. The van der Waals surface area contributed by atoms with Crippen LogP contribution in [0.1, 0.15) is 6.23 Å². The summed E-state index contributed by atoms with van der Waals surface area (Å²) in [5.74, 6) is -0.372. The molecule has 0 radical (unpaired) electrons. The molecule has 2 heterocycles. The highest BCUT2D eigenvalue weighted by Gasteiger charge is 2.45. The third kappa shape index (κ3) is 3.42. The number of H-pyrrole nitrogens is 1. The van der Waals surface area contributed by atoms with Crippen LogP contribution in [0.25, 0.3) is 0 Å². The highest BCUT2D eigenvalue weighted by molar-refractivity contribution is 7.71. The molecule has 1 amide bonds. The van der Waals surface area contributed by atoms with Gasteiger partial charge in [-0.1, -0.05) is 0 Å². The van der Waals surface area contributed by atoms with Gasteiger partial charge in [-0.05, 0) is 12.2 Å². The van der Waals surface area contributed by atoms with Gasteiger partial charge in [-0.15, -0.1) is 0 Å². The Kier molecular flexibility index (Phi) is 5.42. The van der Waals surface area contributed by atoms with Crippen LogP contribution in [-0.2, 0) is 14.3 Å². The van der Waals surface area contributed by atoms with E-state index >= 15 is 0 Å². The molecule has 122 valence electrons. The van der Waals surface area contributed by atoms with Crippen LogP contribution >= 0.6 is 12.2 Å². The monoisotopic (exact) mass is 331 g/mol. The minimum absolute atomic E-state index is 0.0804. The molecular weight excluding hydrogens is 314 g/mol. The zero-order valence-corrected chi connectivity index (χ0v) is 12.6. The molecule has 1 aliphatic heterocycles. The maximum Gasteiger partial charge on any atom is 0.251 e. The van der Waals surface area contributed by atoms with Gasteiger partial charge in [-0.2, -0.15) is 0 Å². The molecule has 4 atom stereocenters. The van der Waals surface area contributed by atoms with Crippen molar-refractivity contribution in [1.29, 1.82) is 0 Å². The number of likely N-dealkylation sites (N-methyl/N-ethyl adjacent to an activating group) is 1. The molecule has 2 rings (SSSR count). The molecule has 1 aromatic rings. The van der Waals surface area contributed by atoms with E-state index in [4.69, 9.17) is 21.7 Å². The standard InChI is InChI=1S/C12H17N3O6S/c1-13-8(18)5-20-10-9(19)6(4-16)21-11(10)15-3-2-7(17)14-12(15)22/h2-3,6,9-11,16,19H,4-5H2,1H3,(H,13,18)(H,14,17,22)/t6-,9?,10?,11-/m1/s1. The van der Waals surface area contributed by atoms with Crippen molar-refractivity contribution in [2.75, 3.05) is 20.3 Å². The number of hydrogen-bond donors (Lipinski definition) is 4. The number of nitrogens with one attached hydrogen (secondary N) is 2. The molecule has 2 unspecified atom stereocenters. The Labute approximate surface area is 130 Å². The highest BCUT2D eigenvalue weighted by atomic mass is 32.1. The summed E-state index contributed by atoms with van der Waals surface area (Å²) in [6.45, 7) is -0.707. The van der Waals surface area contributed by atoms with Crippen molar-refractivity contribution >= 4 is 18.1 Å². The molecule has 0 spiro atoms. The quantitative estimate of drug-likeness (QED) is 0.473. The minimum Gasteiger partial charge on any atom is -0.394 e. The fourth-order valence-electron chi connectivity index (χ4n) is 2.14. The molecule has 0 saturated carbocycles. The van der Waals surface area contributed by atoms with E-state index in [1.807, 2.05) is 0 Å². The summed E-state index contributed by atoms with van der Waals surface area (Å²) >= 11 is 5.05. The molecule has 9 nitrogen and oxygen atoms in total. The zero-order chi connectivity index (χ0) is 16.3. The number of aromatic nitrogens is 2. The number of aliphatic hydroxyl groups excluding tert-OH is 2. The van der Waals surface area contributed by atoms with Crippen LogP contribution in [0.15, 0.2) is 17.1 Å². The lowest BCUT2D eigenvalue weighted by Crippen LogP contribution is -2.38. The van der Waals surface area contributed by atoms with Gasteiger partial charge < -0.3 is 25.0 Å². The van der Waals surface area contributed by atoms with Crippen molar-refractivity contribution in [1.82, 2.24) is 14.9 Å². The average Bonchev–Trinajstić information content (AvgIpc) is 2.81. The Balaban J connectivity index is 2.27. The van der Waals surface area contributed by atoms with E-state index in [-0.39, 0.29) is 22.8 Å². The van der Waals surface area contributed by atoms with Gasteiger partial charge in [0.25, 0.3) is 5.56 Å². The molecule has 1 aliphatic rings. The molecule has 4 N–H and O–H groups in total. The van der Waals surface area contributed by atoms with Gasteiger partial charge in [-0.25, -0.2) is 0 Å². The number of aliphatic hydroxyl groups is 2. The molecule has 1 saturated heterocycles. The number of hydrogen-bond acceptors (Lipinski definition) is 7. The summed E-state index contributed by atoms with van der Waals surface area (Å²) in [6.07, 6.45) is -2.43. The molecule has 1 fully saturated rings. The maximum absolute atomic E-state index is 11.3. The number of carbonyl (C=O) groups is 1. The summed E-state index contributed by atoms with van der Waals surface area (Å²) in [6, 6.07) is 1.24.